The first-order valence-electron chi connectivity index (χ1n) is 13.8. The van der Waals surface area contributed by atoms with Crippen LogP contribution in [0.3, 0.4) is 0 Å². The predicted octanol–water partition coefficient (Wildman–Crippen LogP) is 5.74. The molecule has 0 saturated heterocycles. The molecular formula is C32H32ClN3O5. The number of hydrogen-bond acceptors (Lipinski definition) is 7. The van der Waals surface area contributed by atoms with E-state index in [2.05, 4.69) is 40.6 Å². The third-order valence-electron chi connectivity index (χ3n) is 7.57. The molecule has 0 amide bonds. The van der Waals surface area contributed by atoms with Crippen LogP contribution in [-0.2, 0) is 24.4 Å². The second-order valence-electron chi connectivity index (χ2n) is 10.3. The summed E-state index contributed by atoms with van der Waals surface area (Å²) in [6, 6.07) is 12.5. The molecule has 2 aromatic carbocycles. The van der Waals surface area contributed by atoms with E-state index in [0.29, 0.717) is 33.2 Å². The van der Waals surface area contributed by atoms with Gasteiger partial charge in [-0.15, -0.1) is 0 Å². The largest absolute Gasteiger partial charge is 0.488 e. The Hall–Kier alpha value is -3.90. The zero-order chi connectivity index (χ0) is 28.8. The molecule has 0 unspecified atom stereocenters. The van der Waals surface area contributed by atoms with Gasteiger partial charge in [0.2, 0.25) is 0 Å². The fourth-order valence-corrected chi connectivity index (χ4v) is 5.70. The normalized spacial score (nSPS) is 16.8. The van der Waals surface area contributed by atoms with Gasteiger partial charge >= 0.3 is 5.97 Å². The van der Waals surface area contributed by atoms with Gasteiger partial charge in [0, 0.05) is 36.1 Å². The number of pyridine rings is 1. The molecule has 0 fully saturated rings. The second-order valence-corrected chi connectivity index (χ2v) is 10.7. The molecule has 0 saturated carbocycles. The molecule has 5 rings (SSSR count). The number of nitrogens with one attached hydrogen (secondary N) is 1. The number of rotatable bonds is 11. The van der Waals surface area contributed by atoms with Crippen molar-refractivity contribution in [1.29, 1.82) is 5.26 Å². The van der Waals surface area contributed by atoms with Gasteiger partial charge in [-0.25, -0.2) is 0 Å². The van der Waals surface area contributed by atoms with Crippen LogP contribution in [0.2, 0.25) is 5.02 Å². The molecule has 3 aromatic rings. The van der Waals surface area contributed by atoms with Crippen molar-refractivity contribution in [3.8, 4) is 17.6 Å². The Labute approximate surface area is 244 Å². The van der Waals surface area contributed by atoms with Crippen LogP contribution in [0.5, 0.6) is 11.5 Å². The first kappa shape index (κ1) is 28.6. The van der Waals surface area contributed by atoms with Crippen molar-refractivity contribution in [1.82, 2.24) is 10.3 Å². The molecule has 2 aliphatic rings. The van der Waals surface area contributed by atoms with E-state index in [0.717, 1.165) is 25.7 Å². The Morgan fingerprint density at radius 1 is 1.20 bits per heavy atom. The Morgan fingerprint density at radius 2 is 2.07 bits per heavy atom. The number of benzene rings is 2. The lowest BCUT2D eigenvalue weighted by Gasteiger charge is -2.21. The van der Waals surface area contributed by atoms with Crippen molar-refractivity contribution >= 4 is 23.1 Å². The average Bonchev–Trinajstić information content (AvgIpc) is 3.41. The maximum atomic E-state index is 11.4. The number of allylic oxidation sites excluding steroid dienone is 2. The molecule has 0 radical (unpaired) electrons. The molecule has 1 aromatic heterocycles. The van der Waals surface area contributed by atoms with Crippen molar-refractivity contribution in [2.24, 2.45) is 0 Å². The maximum absolute atomic E-state index is 11.4. The smallest absolute Gasteiger partial charge is 0.323 e. The SMILES string of the molecule is N#Cc1cncc(COc2cc(O[C@H]3CCc4c(C5=CCCCC5)cccc43)c(Cl)cc2CN[C@@H](CO)C(=O)O)c1. The summed E-state index contributed by atoms with van der Waals surface area (Å²) in [7, 11) is 0. The van der Waals surface area contributed by atoms with Crippen molar-refractivity contribution < 1.29 is 24.5 Å². The average molecular weight is 574 g/mol. The van der Waals surface area contributed by atoms with E-state index in [1.54, 1.807) is 24.4 Å². The van der Waals surface area contributed by atoms with Gasteiger partial charge in [0.15, 0.2) is 0 Å². The number of fused-ring (bicyclic) bond motifs is 1. The van der Waals surface area contributed by atoms with Crippen molar-refractivity contribution in [3.63, 3.8) is 0 Å². The van der Waals surface area contributed by atoms with Gasteiger partial charge in [-0.2, -0.15) is 5.26 Å². The third-order valence-corrected chi connectivity index (χ3v) is 7.87. The summed E-state index contributed by atoms with van der Waals surface area (Å²) in [6.45, 7) is -0.342. The minimum Gasteiger partial charge on any atom is -0.488 e. The summed E-state index contributed by atoms with van der Waals surface area (Å²) in [4.78, 5) is 15.5. The number of aromatic nitrogens is 1. The summed E-state index contributed by atoms with van der Waals surface area (Å²) in [5, 5.41) is 31.2. The summed E-state index contributed by atoms with van der Waals surface area (Å²) >= 11 is 6.70. The molecule has 212 valence electrons. The zero-order valence-electron chi connectivity index (χ0n) is 22.6. The van der Waals surface area contributed by atoms with E-state index < -0.39 is 18.6 Å². The van der Waals surface area contributed by atoms with Crippen molar-refractivity contribution in [3.05, 3.63) is 93.3 Å². The van der Waals surface area contributed by atoms with Crippen LogP contribution in [0.15, 0.2) is 54.9 Å². The van der Waals surface area contributed by atoms with Crippen LogP contribution in [0, 0.1) is 11.3 Å². The number of carbonyl (C=O) groups is 1. The fourth-order valence-electron chi connectivity index (χ4n) is 5.47. The Morgan fingerprint density at radius 3 is 2.83 bits per heavy atom. The van der Waals surface area contributed by atoms with Gasteiger partial charge in [0.1, 0.15) is 36.3 Å². The molecule has 8 nitrogen and oxygen atoms in total. The highest BCUT2D eigenvalue weighted by Gasteiger charge is 2.28. The van der Waals surface area contributed by atoms with Gasteiger partial charge in [0.25, 0.3) is 0 Å². The zero-order valence-corrected chi connectivity index (χ0v) is 23.4. The number of carboxylic acids is 1. The standard InChI is InChI=1S/C32H32ClN3O5/c33-27-12-23(17-36-28(18-37)32(38)39)30(40-19-21-11-20(14-34)15-35-16-21)13-31(27)41-29-10-9-25-24(7-4-8-26(25)29)22-5-2-1-3-6-22/h4-5,7-8,11-13,15-16,28-29,36-37H,1-3,6,9-10,17-19H2,(H,38,39)/t28-,29-/m0/s1. The highest BCUT2D eigenvalue weighted by molar-refractivity contribution is 6.32. The number of carboxylic acid groups (broad SMARTS) is 1. The number of aliphatic hydroxyl groups excluding tert-OH is 1. The van der Waals surface area contributed by atoms with Crippen molar-refractivity contribution in [2.75, 3.05) is 6.61 Å². The van der Waals surface area contributed by atoms with E-state index in [9.17, 15) is 20.3 Å². The minimum atomic E-state index is -1.16. The summed E-state index contributed by atoms with van der Waals surface area (Å²) in [5.41, 5.74) is 6.99. The number of nitrogens with zero attached hydrogens (tertiary/aromatic N) is 2. The van der Waals surface area contributed by atoms with Crippen molar-refractivity contribution in [2.45, 2.75) is 63.8 Å². The quantitative estimate of drug-likeness (QED) is 0.265. The van der Waals surface area contributed by atoms with Gasteiger partial charge in [-0.3, -0.25) is 15.1 Å². The van der Waals surface area contributed by atoms with E-state index >= 15 is 0 Å². The lowest BCUT2D eigenvalue weighted by molar-refractivity contribution is -0.140. The molecule has 3 N–H and O–H groups in total. The van der Waals surface area contributed by atoms with Crippen LogP contribution in [0.25, 0.3) is 5.57 Å². The monoisotopic (exact) mass is 573 g/mol. The minimum absolute atomic E-state index is 0.0913. The first-order chi connectivity index (χ1) is 20.0. The van der Waals surface area contributed by atoms with Gasteiger partial charge in [-0.05, 0) is 72.9 Å². The number of aliphatic hydroxyl groups is 1. The number of hydrogen-bond donors (Lipinski definition) is 3. The van der Waals surface area contributed by atoms with Crippen LogP contribution in [0.1, 0.15) is 71.6 Å². The Balaban J connectivity index is 1.41. The lowest BCUT2D eigenvalue weighted by Crippen LogP contribution is -2.39. The summed E-state index contributed by atoms with van der Waals surface area (Å²) in [5.74, 6) is -0.254. The van der Waals surface area contributed by atoms with Crippen LogP contribution in [0.4, 0.5) is 0 Å². The van der Waals surface area contributed by atoms with E-state index in [4.69, 9.17) is 21.1 Å². The van der Waals surface area contributed by atoms with Crippen LogP contribution in [-0.4, -0.2) is 33.8 Å². The fraction of sp³-hybridized carbons (Fsp3) is 0.344. The number of ether oxygens (including phenoxy) is 2. The number of halogens is 1. The predicted molar refractivity (Wildman–Crippen MR) is 155 cm³/mol. The Kier molecular flexibility index (Phi) is 9.20. The third kappa shape index (κ3) is 6.71. The number of aliphatic carboxylic acids is 1. The summed E-state index contributed by atoms with van der Waals surface area (Å²) in [6.07, 6.45) is 11.8. The molecule has 9 heteroatoms. The highest BCUT2D eigenvalue weighted by Crippen LogP contribution is 2.43. The lowest BCUT2D eigenvalue weighted by atomic mass is 9.89. The number of nitriles is 1. The van der Waals surface area contributed by atoms with Crippen LogP contribution >= 0.6 is 11.6 Å². The molecule has 0 spiro atoms. The molecule has 41 heavy (non-hydrogen) atoms. The molecule has 1 heterocycles. The molecule has 2 aliphatic carbocycles. The van der Waals surface area contributed by atoms with E-state index in [1.807, 2.05) is 0 Å². The molecular weight excluding hydrogens is 542 g/mol. The van der Waals surface area contributed by atoms with Gasteiger partial charge in [0.05, 0.1) is 17.2 Å². The maximum Gasteiger partial charge on any atom is 0.323 e. The van der Waals surface area contributed by atoms with Gasteiger partial charge < -0.3 is 19.7 Å². The van der Waals surface area contributed by atoms with Crippen LogP contribution < -0.4 is 14.8 Å². The molecule has 0 bridgehead atoms. The molecule has 2 atom stereocenters. The first-order valence-corrected chi connectivity index (χ1v) is 14.2. The summed E-state index contributed by atoms with van der Waals surface area (Å²) < 4.78 is 12.6. The highest BCUT2D eigenvalue weighted by atomic mass is 35.5. The topological polar surface area (TPSA) is 125 Å². The second kappa shape index (κ2) is 13.2. The van der Waals surface area contributed by atoms with E-state index in [1.165, 1.54) is 41.3 Å². The Bertz CT molecular complexity index is 1500. The molecule has 0 aliphatic heterocycles. The van der Waals surface area contributed by atoms with E-state index in [-0.39, 0.29) is 19.3 Å². The van der Waals surface area contributed by atoms with Gasteiger partial charge in [-0.1, -0.05) is 35.9 Å².